The van der Waals surface area contributed by atoms with Crippen molar-refractivity contribution in [2.45, 2.75) is 83.2 Å². The van der Waals surface area contributed by atoms with Gasteiger partial charge in [0.05, 0.1) is 33.4 Å². The summed E-state index contributed by atoms with van der Waals surface area (Å²) in [6.45, 7) is 2.38. The van der Waals surface area contributed by atoms with Gasteiger partial charge in [0.25, 0.3) is 0 Å². The number of unbranched alkanes of at least 4 members (excludes halogenated alkanes) is 10. The van der Waals surface area contributed by atoms with Crippen molar-refractivity contribution in [3.8, 4) is 0 Å². The molecule has 1 unspecified atom stereocenters. The molecule has 0 radical (unpaired) electrons. The fourth-order valence-electron chi connectivity index (χ4n) is 2.68. The third-order valence-electron chi connectivity index (χ3n) is 4.11. The Morgan fingerprint density at radius 3 is 1.55 bits per heavy atom. The number of hydrogen-bond acceptors (Lipinski definition) is 1. The number of epoxide rings is 1. The summed E-state index contributed by atoms with van der Waals surface area (Å²) in [5.41, 5.74) is 0. The Bertz CT molecular complexity index is 183. The van der Waals surface area contributed by atoms with Crippen molar-refractivity contribution < 1.29 is 33.6 Å². The fraction of sp³-hybridized carbons (Fsp3) is 1.00. The molecule has 122 valence electrons. The van der Waals surface area contributed by atoms with Crippen molar-refractivity contribution in [1.29, 1.82) is 0 Å². The highest BCUT2D eigenvalue weighted by atomic mass is 127. The Labute approximate surface area is 144 Å². The van der Waals surface area contributed by atoms with E-state index < -0.39 is 0 Å². The smallest absolute Gasteiger partial charge is 0.0810 e. The molecule has 0 aromatic heterocycles. The molecule has 0 bridgehead atoms. The Morgan fingerprint density at radius 1 is 0.750 bits per heavy atom. The minimum atomic E-state index is 0. The first-order valence-corrected chi connectivity index (χ1v) is 8.69. The normalized spacial score (nSPS) is 17.2. The standard InChI is InChI=1S/C17H35NO.HI/c1-18(2)15-13-11-9-7-5-3-4-6-8-10-12-14-17-16-19-17;/h17H,3-16H2,1-2H3;1H. The van der Waals surface area contributed by atoms with Gasteiger partial charge >= 0.3 is 0 Å². The number of hydrogen-bond donors (Lipinski definition) is 1. The van der Waals surface area contributed by atoms with E-state index in [0.717, 1.165) is 6.61 Å². The third kappa shape index (κ3) is 15.0. The third-order valence-corrected chi connectivity index (χ3v) is 4.11. The van der Waals surface area contributed by atoms with E-state index in [9.17, 15) is 0 Å². The zero-order chi connectivity index (χ0) is 13.8. The minimum absolute atomic E-state index is 0. The lowest BCUT2D eigenvalue weighted by Crippen LogP contribution is -3.05. The summed E-state index contributed by atoms with van der Waals surface area (Å²) in [6, 6.07) is 0. The number of rotatable bonds is 14. The largest absolute Gasteiger partial charge is 1.00 e. The average Bonchev–Trinajstić information content (AvgIpc) is 3.18. The van der Waals surface area contributed by atoms with E-state index in [1.807, 2.05) is 0 Å². The quantitative estimate of drug-likeness (QED) is 0.252. The van der Waals surface area contributed by atoms with E-state index in [0.29, 0.717) is 6.10 Å². The maximum atomic E-state index is 5.22. The molecule has 1 rings (SSSR count). The molecule has 0 aromatic carbocycles. The van der Waals surface area contributed by atoms with Gasteiger partial charge in [-0.1, -0.05) is 57.8 Å². The summed E-state index contributed by atoms with van der Waals surface area (Å²) >= 11 is 0. The Balaban J connectivity index is 0.00000361. The second-order valence-electron chi connectivity index (χ2n) is 6.59. The van der Waals surface area contributed by atoms with Crippen LogP contribution < -0.4 is 28.9 Å². The minimum Gasteiger partial charge on any atom is -1.00 e. The van der Waals surface area contributed by atoms with Gasteiger partial charge in [-0.2, -0.15) is 0 Å². The Morgan fingerprint density at radius 2 is 1.15 bits per heavy atom. The number of nitrogens with one attached hydrogen (secondary N) is 1. The van der Waals surface area contributed by atoms with E-state index in [4.69, 9.17) is 4.74 Å². The van der Waals surface area contributed by atoms with Crippen LogP contribution in [0.1, 0.15) is 77.0 Å². The molecule has 1 aliphatic heterocycles. The zero-order valence-electron chi connectivity index (χ0n) is 13.8. The fourth-order valence-corrected chi connectivity index (χ4v) is 2.68. The Kier molecular flexibility index (Phi) is 15.1. The van der Waals surface area contributed by atoms with Crippen LogP contribution in [0.2, 0.25) is 0 Å². The van der Waals surface area contributed by atoms with Crippen LogP contribution >= 0.6 is 0 Å². The summed E-state index contributed by atoms with van der Waals surface area (Å²) in [6.07, 6.45) is 17.8. The van der Waals surface area contributed by atoms with E-state index in [1.54, 1.807) is 4.90 Å². The predicted octanol–water partition coefficient (Wildman–Crippen LogP) is 0.215. The van der Waals surface area contributed by atoms with E-state index >= 15 is 0 Å². The molecule has 2 nitrogen and oxygen atoms in total. The monoisotopic (exact) mass is 397 g/mol. The lowest BCUT2D eigenvalue weighted by atomic mass is 10.0. The molecule has 0 aliphatic carbocycles. The van der Waals surface area contributed by atoms with Crippen LogP contribution in [0.3, 0.4) is 0 Å². The molecule has 20 heavy (non-hydrogen) atoms. The van der Waals surface area contributed by atoms with Crippen molar-refractivity contribution in [2.24, 2.45) is 0 Å². The first-order valence-electron chi connectivity index (χ1n) is 8.69. The van der Waals surface area contributed by atoms with Gasteiger partial charge in [-0.15, -0.1) is 0 Å². The summed E-state index contributed by atoms with van der Waals surface area (Å²) in [7, 11) is 4.50. The Hall–Kier alpha value is 0.650. The molecule has 0 spiro atoms. The molecular weight excluding hydrogens is 361 g/mol. The van der Waals surface area contributed by atoms with E-state index in [-0.39, 0.29) is 24.0 Å². The van der Waals surface area contributed by atoms with Crippen LogP contribution in [0.15, 0.2) is 0 Å². The summed E-state index contributed by atoms with van der Waals surface area (Å²) in [4.78, 5) is 1.59. The summed E-state index contributed by atoms with van der Waals surface area (Å²) in [5.74, 6) is 0. The van der Waals surface area contributed by atoms with Gasteiger partial charge in [0.2, 0.25) is 0 Å². The van der Waals surface area contributed by atoms with Crippen LogP contribution in [0, 0.1) is 0 Å². The first kappa shape index (κ1) is 20.6. The lowest BCUT2D eigenvalue weighted by molar-refractivity contribution is -0.858. The first-order chi connectivity index (χ1) is 9.29. The summed E-state index contributed by atoms with van der Waals surface area (Å²) < 4.78 is 5.22. The van der Waals surface area contributed by atoms with Crippen molar-refractivity contribution in [2.75, 3.05) is 27.2 Å². The highest BCUT2D eigenvalue weighted by molar-refractivity contribution is 4.68. The number of quaternary nitrogens is 1. The van der Waals surface area contributed by atoms with Gasteiger partial charge in [-0.3, -0.25) is 0 Å². The molecular formula is C17H36INO. The molecule has 1 atom stereocenters. The van der Waals surface area contributed by atoms with E-state index in [2.05, 4.69) is 14.1 Å². The molecule has 1 saturated heterocycles. The van der Waals surface area contributed by atoms with Crippen LogP contribution in [-0.2, 0) is 4.74 Å². The van der Waals surface area contributed by atoms with Crippen molar-refractivity contribution in [1.82, 2.24) is 0 Å². The molecule has 1 heterocycles. The zero-order valence-corrected chi connectivity index (χ0v) is 15.9. The van der Waals surface area contributed by atoms with Gasteiger partial charge in [0.15, 0.2) is 0 Å². The molecule has 0 saturated carbocycles. The van der Waals surface area contributed by atoms with Crippen LogP contribution in [0.5, 0.6) is 0 Å². The maximum absolute atomic E-state index is 5.22. The molecule has 1 aliphatic rings. The van der Waals surface area contributed by atoms with Gasteiger partial charge in [-0.25, -0.2) is 0 Å². The second kappa shape index (κ2) is 14.6. The van der Waals surface area contributed by atoms with Crippen LogP contribution in [0.25, 0.3) is 0 Å². The molecule has 1 N–H and O–H groups in total. The maximum Gasteiger partial charge on any atom is 0.0810 e. The van der Waals surface area contributed by atoms with Crippen molar-refractivity contribution in [3.63, 3.8) is 0 Å². The average molecular weight is 397 g/mol. The topological polar surface area (TPSA) is 17.0 Å². The van der Waals surface area contributed by atoms with Gasteiger partial charge in [0, 0.05) is 0 Å². The molecule has 3 heteroatoms. The highest BCUT2D eigenvalue weighted by Crippen LogP contribution is 2.18. The van der Waals surface area contributed by atoms with Gasteiger partial charge in [-0.05, 0) is 19.3 Å². The molecule has 0 aromatic rings. The highest BCUT2D eigenvalue weighted by Gasteiger charge is 2.20. The lowest BCUT2D eigenvalue weighted by Gasteiger charge is -2.06. The molecule has 0 amide bonds. The number of halogens is 1. The van der Waals surface area contributed by atoms with E-state index in [1.165, 1.54) is 83.6 Å². The SMILES string of the molecule is C[NH+](C)CCCCCCCCCCCCCC1CO1.[I-]. The van der Waals surface area contributed by atoms with Crippen LogP contribution in [-0.4, -0.2) is 33.4 Å². The van der Waals surface area contributed by atoms with Crippen molar-refractivity contribution >= 4 is 0 Å². The predicted molar refractivity (Wildman–Crippen MR) is 82.8 cm³/mol. The number of ether oxygens (including phenoxy) is 1. The van der Waals surface area contributed by atoms with Gasteiger partial charge < -0.3 is 33.6 Å². The molecule has 1 fully saturated rings. The van der Waals surface area contributed by atoms with Gasteiger partial charge in [0.1, 0.15) is 0 Å². The summed E-state index contributed by atoms with van der Waals surface area (Å²) in [5, 5.41) is 0. The van der Waals surface area contributed by atoms with Crippen molar-refractivity contribution in [3.05, 3.63) is 0 Å². The second-order valence-corrected chi connectivity index (χ2v) is 6.59. The van der Waals surface area contributed by atoms with Crippen LogP contribution in [0.4, 0.5) is 0 Å².